The molecule has 0 aromatic rings. The minimum absolute atomic E-state index is 0.157. The quantitative estimate of drug-likeness (QED) is 0.383. The van der Waals surface area contributed by atoms with E-state index in [9.17, 15) is 16.8 Å². The largest absolute Gasteiger partial charge is 0.353 e. The van der Waals surface area contributed by atoms with Gasteiger partial charge in [0.1, 0.15) is 0 Å². The predicted molar refractivity (Wildman–Crippen MR) is 88.4 cm³/mol. The first-order valence-electron chi connectivity index (χ1n) is 7.67. The molecule has 3 atom stereocenters. The Morgan fingerprint density at radius 2 is 1.75 bits per heavy atom. The van der Waals surface area contributed by atoms with E-state index in [0.29, 0.717) is 19.4 Å². The molecule has 0 saturated carbocycles. The van der Waals surface area contributed by atoms with Crippen LogP contribution in [0.4, 0.5) is 0 Å². The fraction of sp³-hybridized carbons (Fsp3) is 0.857. The van der Waals surface area contributed by atoms with Crippen molar-refractivity contribution in [1.82, 2.24) is 0 Å². The first-order chi connectivity index (χ1) is 11.1. The molecular formula is C14H26O8S2. The average Bonchev–Trinajstić information content (AvgIpc) is 2.47. The first-order valence-corrected chi connectivity index (χ1v) is 11.3. The Morgan fingerprint density at radius 3 is 2.25 bits per heavy atom. The highest BCUT2D eigenvalue weighted by Gasteiger charge is 2.29. The standard InChI is InChI=1S/C14H26O8S2/c1-4-7-12(10-20-23(2,15)16)13(11-21-24(3,17)18)22-14-8-5-6-9-19-14/h4,12-14H,1,5-11H2,2-3H3/t12-,13+,14?/m0/s1. The number of hydrogen-bond acceptors (Lipinski definition) is 8. The van der Waals surface area contributed by atoms with Gasteiger partial charge in [-0.3, -0.25) is 8.37 Å². The van der Waals surface area contributed by atoms with Crippen molar-refractivity contribution in [3.8, 4) is 0 Å². The van der Waals surface area contributed by atoms with Gasteiger partial charge in [0.2, 0.25) is 0 Å². The van der Waals surface area contributed by atoms with Crippen molar-refractivity contribution >= 4 is 20.2 Å². The number of allylic oxidation sites excluding steroid dienone is 1. The molecule has 1 fully saturated rings. The summed E-state index contributed by atoms with van der Waals surface area (Å²) in [6.07, 6.45) is 5.24. The molecule has 10 heteroatoms. The normalized spacial score (nSPS) is 22.0. The van der Waals surface area contributed by atoms with Crippen molar-refractivity contribution < 1.29 is 34.7 Å². The zero-order valence-corrected chi connectivity index (χ0v) is 15.7. The fourth-order valence-electron chi connectivity index (χ4n) is 2.24. The topological polar surface area (TPSA) is 105 Å². The number of hydrogen-bond donors (Lipinski definition) is 0. The van der Waals surface area contributed by atoms with E-state index in [1.54, 1.807) is 6.08 Å². The molecule has 0 aromatic carbocycles. The zero-order valence-electron chi connectivity index (χ0n) is 14.0. The van der Waals surface area contributed by atoms with Crippen LogP contribution < -0.4 is 0 Å². The summed E-state index contributed by atoms with van der Waals surface area (Å²) in [7, 11) is -7.29. The second-order valence-corrected chi connectivity index (χ2v) is 9.02. The molecule has 0 aromatic heterocycles. The molecule has 0 N–H and O–H groups in total. The maximum absolute atomic E-state index is 11.3. The Labute approximate surface area is 144 Å². The van der Waals surface area contributed by atoms with Gasteiger partial charge in [-0.25, -0.2) is 0 Å². The second-order valence-electron chi connectivity index (χ2n) is 5.73. The van der Waals surface area contributed by atoms with E-state index in [0.717, 1.165) is 25.4 Å². The Kier molecular flexibility index (Phi) is 8.82. The van der Waals surface area contributed by atoms with Gasteiger partial charge in [-0.05, 0) is 25.7 Å². The molecule has 1 heterocycles. The van der Waals surface area contributed by atoms with Gasteiger partial charge in [0, 0.05) is 12.5 Å². The van der Waals surface area contributed by atoms with E-state index in [4.69, 9.17) is 17.8 Å². The van der Waals surface area contributed by atoms with E-state index in [1.165, 1.54) is 0 Å². The maximum Gasteiger partial charge on any atom is 0.264 e. The molecule has 24 heavy (non-hydrogen) atoms. The smallest absolute Gasteiger partial charge is 0.264 e. The third kappa shape index (κ3) is 9.70. The molecule has 0 radical (unpaired) electrons. The van der Waals surface area contributed by atoms with Crippen molar-refractivity contribution in [1.29, 1.82) is 0 Å². The Bertz CT molecular complexity index is 578. The van der Waals surface area contributed by atoms with Gasteiger partial charge in [-0.1, -0.05) is 6.08 Å². The van der Waals surface area contributed by atoms with Crippen LogP contribution in [-0.4, -0.2) is 61.6 Å². The van der Waals surface area contributed by atoms with Crippen molar-refractivity contribution in [3.63, 3.8) is 0 Å². The summed E-state index contributed by atoms with van der Waals surface area (Å²) in [5.74, 6) is -0.440. The maximum atomic E-state index is 11.3. The monoisotopic (exact) mass is 386 g/mol. The van der Waals surface area contributed by atoms with Crippen molar-refractivity contribution in [2.24, 2.45) is 5.92 Å². The Balaban J connectivity index is 2.80. The summed E-state index contributed by atoms with van der Waals surface area (Å²) in [6, 6.07) is 0. The van der Waals surface area contributed by atoms with Crippen molar-refractivity contribution in [2.45, 2.75) is 38.1 Å². The highest BCUT2D eigenvalue weighted by molar-refractivity contribution is 7.86. The highest BCUT2D eigenvalue weighted by atomic mass is 32.2. The van der Waals surface area contributed by atoms with Gasteiger partial charge in [0.25, 0.3) is 20.2 Å². The van der Waals surface area contributed by atoms with E-state index in [2.05, 4.69) is 6.58 Å². The summed E-state index contributed by atoms with van der Waals surface area (Å²) in [4.78, 5) is 0. The lowest BCUT2D eigenvalue weighted by atomic mass is 10.00. The summed E-state index contributed by atoms with van der Waals surface area (Å²) in [5.41, 5.74) is 0. The third-order valence-electron chi connectivity index (χ3n) is 3.40. The van der Waals surface area contributed by atoms with Crippen LogP contribution in [0.3, 0.4) is 0 Å². The molecule has 1 saturated heterocycles. The minimum Gasteiger partial charge on any atom is -0.353 e. The van der Waals surface area contributed by atoms with Gasteiger partial charge in [0.05, 0.1) is 31.8 Å². The van der Waals surface area contributed by atoms with Crippen molar-refractivity contribution in [2.75, 3.05) is 32.3 Å². The molecule has 0 spiro atoms. The van der Waals surface area contributed by atoms with Crippen LogP contribution >= 0.6 is 0 Å². The summed E-state index contributed by atoms with van der Waals surface area (Å²) < 4.78 is 66.0. The average molecular weight is 386 g/mol. The van der Waals surface area contributed by atoms with E-state index >= 15 is 0 Å². The van der Waals surface area contributed by atoms with Gasteiger partial charge in [0.15, 0.2) is 6.29 Å². The SMILES string of the molecule is C=CC[C@@H](COS(C)(=O)=O)[C@@H](COS(C)(=O)=O)OC1CCCCO1. The van der Waals surface area contributed by atoms with E-state index in [1.807, 2.05) is 0 Å². The fourth-order valence-corrected chi connectivity index (χ4v) is 3.05. The van der Waals surface area contributed by atoms with E-state index < -0.39 is 38.5 Å². The lowest BCUT2D eigenvalue weighted by Gasteiger charge is -2.31. The van der Waals surface area contributed by atoms with Crippen LogP contribution in [0, 0.1) is 5.92 Å². The van der Waals surface area contributed by atoms with Crippen LogP contribution in [0.2, 0.25) is 0 Å². The molecule has 8 nitrogen and oxygen atoms in total. The van der Waals surface area contributed by atoms with E-state index in [-0.39, 0.29) is 13.2 Å². The molecule has 0 amide bonds. The molecule has 1 aliphatic heterocycles. The lowest BCUT2D eigenvalue weighted by Crippen LogP contribution is -2.38. The number of rotatable bonds is 11. The second kappa shape index (κ2) is 9.83. The molecule has 0 bridgehead atoms. The molecule has 1 aliphatic rings. The first kappa shape index (κ1) is 21.5. The predicted octanol–water partition coefficient (Wildman–Crippen LogP) is 1.04. The molecule has 142 valence electrons. The van der Waals surface area contributed by atoms with Crippen LogP contribution in [0.1, 0.15) is 25.7 Å². The molecule has 1 rings (SSSR count). The Hall–Kier alpha value is -0.520. The molecule has 1 unspecified atom stereocenters. The molecule has 0 aliphatic carbocycles. The lowest BCUT2D eigenvalue weighted by molar-refractivity contribution is -0.205. The van der Waals surface area contributed by atoms with Gasteiger partial charge in [-0.15, -0.1) is 6.58 Å². The minimum atomic E-state index is -3.66. The van der Waals surface area contributed by atoms with Gasteiger partial charge >= 0.3 is 0 Å². The van der Waals surface area contributed by atoms with Crippen LogP contribution in [-0.2, 0) is 38.1 Å². The van der Waals surface area contributed by atoms with Gasteiger partial charge < -0.3 is 9.47 Å². The van der Waals surface area contributed by atoms with Crippen molar-refractivity contribution in [3.05, 3.63) is 12.7 Å². The summed E-state index contributed by atoms with van der Waals surface area (Å²) in [5, 5.41) is 0. The molecular weight excluding hydrogens is 360 g/mol. The van der Waals surface area contributed by atoms with Gasteiger partial charge in [-0.2, -0.15) is 16.8 Å². The van der Waals surface area contributed by atoms with Crippen LogP contribution in [0.5, 0.6) is 0 Å². The summed E-state index contributed by atoms with van der Waals surface area (Å²) >= 11 is 0. The van der Waals surface area contributed by atoms with Crippen LogP contribution in [0.25, 0.3) is 0 Å². The summed E-state index contributed by atoms with van der Waals surface area (Å²) in [6.45, 7) is 3.79. The Morgan fingerprint density at radius 1 is 1.12 bits per heavy atom. The highest BCUT2D eigenvalue weighted by Crippen LogP contribution is 2.22. The zero-order chi connectivity index (χ0) is 18.2. The number of ether oxygens (including phenoxy) is 2. The van der Waals surface area contributed by atoms with Crippen LogP contribution in [0.15, 0.2) is 12.7 Å². The third-order valence-corrected chi connectivity index (χ3v) is 4.53.